The lowest BCUT2D eigenvalue weighted by Crippen LogP contribution is -2.29. The monoisotopic (exact) mass is 430 g/mol. The molecule has 1 atom stereocenters. The maximum absolute atomic E-state index is 6.35. The summed E-state index contributed by atoms with van der Waals surface area (Å²) < 4.78 is 3.97. The number of nitrogens with zero attached hydrogens (tertiary/aromatic N) is 9. The van der Waals surface area contributed by atoms with Crippen LogP contribution in [0.3, 0.4) is 0 Å². The van der Waals surface area contributed by atoms with Gasteiger partial charge in [-0.05, 0) is 25.7 Å². The van der Waals surface area contributed by atoms with Gasteiger partial charge in [-0.1, -0.05) is 0 Å². The van der Waals surface area contributed by atoms with Gasteiger partial charge in [0.05, 0.1) is 29.5 Å². The molecular formula is C22H26N10. The highest BCUT2D eigenvalue weighted by atomic mass is 15.6. The Morgan fingerprint density at radius 2 is 2.00 bits per heavy atom. The number of fused-ring (bicyclic) bond motifs is 2. The average molecular weight is 431 g/mol. The highest BCUT2D eigenvalue weighted by Gasteiger charge is 2.29. The fourth-order valence-corrected chi connectivity index (χ4v) is 4.50. The van der Waals surface area contributed by atoms with Crippen LogP contribution < -0.4 is 10.7 Å². The summed E-state index contributed by atoms with van der Waals surface area (Å²) in [5, 5.41) is 14.6. The van der Waals surface area contributed by atoms with Gasteiger partial charge < -0.3 is 10.7 Å². The molecule has 0 radical (unpaired) electrons. The van der Waals surface area contributed by atoms with E-state index < -0.39 is 0 Å². The summed E-state index contributed by atoms with van der Waals surface area (Å²) in [5.74, 6) is 1.19. The number of hydrogen-bond donors (Lipinski definition) is 1. The third-order valence-electron chi connectivity index (χ3n) is 6.70. The van der Waals surface area contributed by atoms with E-state index in [1.807, 2.05) is 35.0 Å². The fourth-order valence-electron chi connectivity index (χ4n) is 4.50. The minimum Gasteiger partial charge on any atom is -0.383 e. The average Bonchev–Trinajstić information content (AvgIpc) is 3.20. The molecule has 0 amide bonds. The first kappa shape index (κ1) is 19.2. The molecule has 1 unspecified atom stereocenters. The summed E-state index contributed by atoms with van der Waals surface area (Å²) in [7, 11) is 4.09. The van der Waals surface area contributed by atoms with E-state index in [0.29, 0.717) is 11.5 Å². The number of nitrogen functional groups attached to an aromatic ring is 1. The first-order valence-electron chi connectivity index (χ1n) is 10.9. The van der Waals surface area contributed by atoms with Crippen molar-refractivity contribution in [1.29, 1.82) is 0 Å². The Balaban J connectivity index is 1.48. The molecule has 32 heavy (non-hydrogen) atoms. The Bertz CT molecular complexity index is 1320. The van der Waals surface area contributed by atoms with Crippen molar-refractivity contribution in [2.45, 2.75) is 38.9 Å². The quantitative estimate of drug-likeness (QED) is 0.515. The van der Waals surface area contributed by atoms with Crippen LogP contribution in [0, 0.1) is 5.92 Å². The molecule has 1 aliphatic carbocycles. The van der Waals surface area contributed by atoms with Crippen molar-refractivity contribution in [3.63, 3.8) is 0 Å². The SMILES string of the molecule is CC(c1cnn(CC2CC2)c1)n1nc(-c2cncc3c2CN(C)N3C)c2c(N)ncnc21. The second-order valence-corrected chi connectivity index (χ2v) is 8.89. The van der Waals surface area contributed by atoms with Crippen LogP contribution in [0.4, 0.5) is 11.5 Å². The fraction of sp³-hybridized carbons (Fsp3) is 0.409. The Morgan fingerprint density at radius 1 is 1.16 bits per heavy atom. The number of hydrogen-bond acceptors (Lipinski definition) is 8. The molecule has 6 rings (SSSR count). The lowest BCUT2D eigenvalue weighted by atomic mass is 10.0. The van der Waals surface area contributed by atoms with Gasteiger partial charge in [0.2, 0.25) is 0 Å². The number of nitrogens with two attached hydrogens (primary N) is 1. The molecule has 2 aliphatic rings. The molecule has 1 saturated carbocycles. The third kappa shape index (κ3) is 2.94. The van der Waals surface area contributed by atoms with E-state index >= 15 is 0 Å². The maximum atomic E-state index is 6.35. The lowest BCUT2D eigenvalue weighted by molar-refractivity contribution is 0.345. The van der Waals surface area contributed by atoms with Crippen molar-refractivity contribution in [2.24, 2.45) is 5.92 Å². The van der Waals surface area contributed by atoms with Gasteiger partial charge in [0.25, 0.3) is 0 Å². The molecule has 1 fully saturated rings. The number of aromatic nitrogens is 7. The van der Waals surface area contributed by atoms with Gasteiger partial charge in [-0.3, -0.25) is 9.67 Å². The van der Waals surface area contributed by atoms with Crippen molar-refractivity contribution < 1.29 is 0 Å². The lowest BCUT2D eigenvalue weighted by Gasteiger charge is -2.20. The van der Waals surface area contributed by atoms with Crippen LogP contribution in [-0.4, -0.2) is 53.6 Å². The molecule has 0 aromatic carbocycles. The molecule has 164 valence electrons. The number of anilines is 2. The van der Waals surface area contributed by atoms with Crippen LogP contribution in [0.2, 0.25) is 0 Å². The van der Waals surface area contributed by atoms with Crippen molar-refractivity contribution in [3.05, 3.63) is 42.2 Å². The Kier molecular flexibility index (Phi) is 4.19. The molecular weight excluding hydrogens is 404 g/mol. The summed E-state index contributed by atoms with van der Waals surface area (Å²) in [6.45, 7) is 3.87. The Labute approximate surface area is 185 Å². The van der Waals surface area contributed by atoms with E-state index in [1.54, 1.807) is 0 Å². The van der Waals surface area contributed by atoms with E-state index in [1.165, 1.54) is 24.7 Å². The number of pyridine rings is 1. The van der Waals surface area contributed by atoms with Crippen LogP contribution in [0.15, 0.2) is 31.1 Å². The second kappa shape index (κ2) is 6.99. The number of hydrazine groups is 1. The first-order chi connectivity index (χ1) is 15.5. The highest BCUT2D eigenvalue weighted by Crippen LogP contribution is 2.40. The van der Waals surface area contributed by atoms with Crippen molar-refractivity contribution in [3.8, 4) is 11.3 Å². The Morgan fingerprint density at radius 3 is 2.81 bits per heavy atom. The molecule has 5 heterocycles. The van der Waals surface area contributed by atoms with Gasteiger partial charge in [-0.15, -0.1) is 0 Å². The normalized spacial score (nSPS) is 17.3. The summed E-state index contributed by atoms with van der Waals surface area (Å²) in [5.41, 5.74) is 12.1. The minimum absolute atomic E-state index is 0.0522. The van der Waals surface area contributed by atoms with Crippen LogP contribution in [-0.2, 0) is 13.1 Å². The highest BCUT2D eigenvalue weighted by molar-refractivity contribution is 5.99. The smallest absolute Gasteiger partial charge is 0.164 e. The van der Waals surface area contributed by atoms with E-state index in [0.717, 1.165) is 46.9 Å². The van der Waals surface area contributed by atoms with Crippen LogP contribution in [0.1, 0.15) is 36.9 Å². The predicted molar refractivity (Wildman–Crippen MR) is 122 cm³/mol. The third-order valence-corrected chi connectivity index (χ3v) is 6.70. The van der Waals surface area contributed by atoms with E-state index in [-0.39, 0.29) is 6.04 Å². The summed E-state index contributed by atoms with van der Waals surface area (Å²) in [4.78, 5) is 13.3. The molecule has 0 spiro atoms. The predicted octanol–water partition coefficient (Wildman–Crippen LogP) is 2.48. The van der Waals surface area contributed by atoms with Gasteiger partial charge in [0, 0.05) is 56.3 Å². The second-order valence-electron chi connectivity index (χ2n) is 8.89. The summed E-state index contributed by atoms with van der Waals surface area (Å²) >= 11 is 0. The van der Waals surface area contributed by atoms with E-state index in [9.17, 15) is 0 Å². The minimum atomic E-state index is -0.0522. The van der Waals surface area contributed by atoms with Crippen molar-refractivity contribution in [1.82, 2.24) is 39.5 Å². The Hall–Kier alpha value is -3.53. The van der Waals surface area contributed by atoms with Gasteiger partial charge in [0.1, 0.15) is 17.8 Å². The summed E-state index contributed by atoms with van der Waals surface area (Å²) in [6, 6.07) is -0.0522. The van der Waals surface area contributed by atoms with Crippen molar-refractivity contribution >= 4 is 22.5 Å². The molecule has 10 nitrogen and oxygen atoms in total. The first-order valence-corrected chi connectivity index (χ1v) is 10.9. The molecule has 10 heteroatoms. The van der Waals surface area contributed by atoms with Crippen LogP contribution in [0.25, 0.3) is 22.3 Å². The van der Waals surface area contributed by atoms with Crippen LogP contribution >= 0.6 is 0 Å². The topological polar surface area (TPSA) is 107 Å². The van der Waals surface area contributed by atoms with Gasteiger partial charge in [0.15, 0.2) is 5.65 Å². The molecule has 0 saturated heterocycles. The van der Waals surface area contributed by atoms with E-state index in [2.05, 4.69) is 50.2 Å². The van der Waals surface area contributed by atoms with Gasteiger partial charge in [-0.2, -0.15) is 10.2 Å². The zero-order valence-corrected chi connectivity index (χ0v) is 18.5. The van der Waals surface area contributed by atoms with Gasteiger partial charge >= 0.3 is 0 Å². The van der Waals surface area contributed by atoms with Crippen LogP contribution in [0.5, 0.6) is 0 Å². The van der Waals surface area contributed by atoms with E-state index in [4.69, 9.17) is 10.8 Å². The standard InChI is InChI=1S/C22H26N10/c1-13(15-6-27-31(10-15)9-14-4-5-14)32-22-19(21(23)25-12-26-22)20(28-32)16-7-24-8-18-17(16)11-29(2)30(18)3/h6-8,10,12-14H,4-5,9,11H2,1-3H3,(H2,23,25,26). The molecule has 2 N–H and O–H groups in total. The zero-order valence-electron chi connectivity index (χ0n) is 18.5. The molecule has 4 aromatic rings. The molecule has 0 bridgehead atoms. The van der Waals surface area contributed by atoms with Gasteiger partial charge in [-0.25, -0.2) is 19.7 Å². The largest absolute Gasteiger partial charge is 0.383 e. The maximum Gasteiger partial charge on any atom is 0.164 e. The molecule has 4 aromatic heterocycles. The van der Waals surface area contributed by atoms with Crippen molar-refractivity contribution in [2.75, 3.05) is 24.8 Å². The molecule has 1 aliphatic heterocycles. The summed E-state index contributed by atoms with van der Waals surface area (Å²) in [6.07, 6.45) is 11.9. The zero-order chi connectivity index (χ0) is 22.0. The number of rotatable bonds is 5.